The van der Waals surface area contributed by atoms with E-state index in [0.29, 0.717) is 12.2 Å². The highest BCUT2D eigenvalue weighted by Crippen LogP contribution is 1.99. The summed E-state index contributed by atoms with van der Waals surface area (Å²) in [5.41, 5.74) is 6.23. The lowest BCUT2D eigenvalue weighted by molar-refractivity contribution is 0.298. The first-order chi connectivity index (χ1) is 4.83. The zero-order chi connectivity index (χ0) is 7.40. The molecule has 0 bridgehead atoms. The summed E-state index contributed by atoms with van der Waals surface area (Å²) in [7, 11) is 0. The maximum atomic E-state index is 8.53. The Hall–Kier alpha value is -1.09. The first-order valence-corrected chi connectivity index (χ1v) is 3.15. The third kappa shape index (κ3) is 1.70. The number of hydrogen-bond acceptors (Lipinski definition) is 3. The number of pyridine rings is 1. The Morgan fingerprint density at radius 1 is 1.50 bits per heavy atom. The molecular formula is C7H10N2O. The molecule has 0 atom stereocenters. The molecule has 0 unspecified atom stereocenters. The van der Waals surface area contributed by atoms with Crippen molar-refractivity contribution in [2.75, 3.05) is 12.3 Å². The number of aromatic nitrogens is 1. The molecule has 0 fully saturated rings. The lowest BCUT2D eigenvalue weighted by Crippen LogP contribution is -1.97. The number of aliphatic hydroxyl groups excluding tert-OH is 1. The predicted molar refractivity (Wildman–Crippen MR) is 39.4 cm³/mol. The molecule has 1 aromatic heterocycles. The minimum atomic E-state index is 0.121. The van der Waals surface area contributed by atoms with Gasteiger partial charge in [0.05, 0.1) is 0 Å². The Morgan fingerprint density at radius 3 is 2.90 bits per heavy atom. The first kappa shape index (κ1) is 7.02. The van der Waals surface area contributed by atoms with E-state index >= 15 is 0 Å². The van der Waals surface area contributed by atoms with Crippen molar-refractivity contribution in [2.24, 2.45) is 0 Å². The van der Waals surface area contributed by atoms with Crippen LogP contribution in [0.4, 0.5) is 5.82 Å². The van der Waals surface area contributed by atoms with Crippen molar-refractivity contribution in [3.8, 4) is 0 Å². The fourth-order valence-electron chi connectivity index (χ4n) is 0.752. The number of rotatable bonds is 2. The van der Waals surface area contributed by atoms with E-state index in [9.17, 15) is 0 Å². The van der Waals surface area contributed by atoms with Gasteiger partial charge in [-0.3, -0.25) is 0 Å². The summed E-state index contributed by atoms with van der Waals surface area (Å²) in [5, 5.41) is 8.53. The van der Waals surface area contributed by atoms with E-state index in [1.165, 1.54) is 0 Å². The lowest BCUT2D eigenvalue weighted by Gasteiger charge is -1.96. The zero-order valence-corrected chi connectivity index (χ0v) is 5.62. The first-order valence-electron chi connectivity index (χ1n) is 3.15. The fourth-order valence-corrected chi connectivity index (χ4v) is 0.752. The molecule has 0 radical (unpaired) electrons. The maximum Gasteiger partial charge on any atom is 0.123 e. The van der Waals surface area contributed by atoms with E-state index in [1.807, 2.05) is 12.1 Å². The van der Waals surface area contributed by atoms with Crippen LogP contribution in [0.1, 0.15) is 5.69 Å². The predicted octanol–water partition coefficient (Wildman–Crippen LogP) is 0.199. The Labute approximate surface area is 59.5 Å². The van der Waals surface area contributed by atoms with Crippen LogP contribution >= 0.6 is 0 Å². The third-order valence-corrected chi connectivity index (χ3v) is 1.20. The highest BCUT2D eigenvalue weighted by Gasteiger charge is 1.91. The monoisotopic (exact) mass is 138 g/mol. The van der Waals surface area contributed by atoms with Crippen molar-refractivity contribution in [1.29, 1.82) is 0 Å². The van der Waals surface area contributed by atoms with E-state index in [0.717, 1.165) is 5.69 Å². The molecule has 0 saturated heterocycles. The number of aliphatic hydroxyl groups is 1. The van der Waals surface area contributed by atoms with Crippen LogP contribution in [0.25, 0.3) is 0 Å². The van der Waals surface area contributed by atoms with Crippen molar-refractivity contribution in [2.45, 2.75) is 6.42 Å². The van der Waals surface area contributed by atoms with Gasteiger partial charge in [0.1, 0.15) is 5.82 Å². The van der Waals surface area contributed by atoms with Crippen LogP contribution in [0.15, 0.2) is 18.2 Å². The van der Waals surface area contributed by atoms with E-state index in [2.05, 4.69) is 4.98 Å². The second-order valence-electron chi connectivity index (χ2n) is 2.03. The molecule has 0 aliphatic carbocycles. The summed E-state index contributed by atoms with van der Waals surface area (Å²) in [6, 6.07) is 5.39. The number of nitrogen functional groups attached to an aromatic ring is 1. The quantitative estimate of drug-likeness (QED) is 0.613. The van der Waals surface area contributed by atoms with Gasteiger partial charge in [0.25, 0.3) is 0 Å². The van der Waals surface area contributed by atoms with Gasteiger partial charge in [-0.15, -0.1) is 0 Å². The molecular weight excluding hydrogens is 128 g/mol. The zero-order valence-electron chi connectivity index (χ0n) is 5.62. The number of hydrogen-bond donors (Lipinski definition) is 2. The summed E-state index contributed by atoms with van der Waals surface area (Å²) >= 11 is 0. The summed E-state index contributed by atoms with van der Waals surface area (Å²) < 4.78 is 0. The third-order valence-electron chi connectivity index (χ3n) is 1.20. The highest BCUT2D eigenvalue weighted by atomic mass is 16.3. The van der Waals surface area contributed by atoms with Gasteiger partial charge in [-0.1, -0.05) is 6.07 Å². The average Bonchev–Trinajstić information content (AvgIpc) is 1.88. The largest absolute Gasteiger partial charge is 0.396 e. The molecule has 10 heavy (non-hydrogen) atoms. The minimum Gasteiger partial charge on any atom is -0.396 e. The molecule has 0 amide bonds. The van der Waals surface area contributed by atoms with Gasteiger partial charge in [-0.05, 0) is 12.1 Å². The summed E-state index contributed by atoms with van der Waals surface area (Å²) in [6.07, 6.45) is 0.574. The van der Waals surface area contributed by atoms with Crippen molar-refractivity contribution in [3.05, 3.63) is 23.9 Å². The second-order valence-corrected chi connectivity index (χ2v) is 2.03. The van der Waals surface area contributed by atoms with Gasteiger partial charge < -0.3 is 10.8 Å². The molecule has 1 heterocycles. The molecule has 1 aromatic rings. The van der Waals surface area contributed by atoms with Crippen molar-refractivity contribution < 1.29 is 5.11 Å². The van der Waals surface area contributed by atoms with E-state index in [1.54, 1.807) is 6.07 Å². The molecule has 0 aliphatic rings. The molecule has 3 nitrogen and oxygen atoms in total. The van der Waals surface area contributed by atoms with Gasteiger partial charge in [0.2, 0.25) is 0 Å². The highest BCUT2D eigenvalue weighted by molar-refractivity contribution is 5.28. The van der Waals surface area contributed by atoms with E-state index in [-0.39, 0.29) is 6.61 Å². The molecule has 0 spiro atoms. The summed E-state index contributed by atoms with van der Waals surface area (Å²) in [4.78, 5) is 3.98. The van der Waals surface area contributed by atoms with Crippen LogP contribution in [0.5, 0.6) is 0 Å². The Morgan fingerprint density at radius 2 is 2.30 bits per heavy atom. The number of anilines is 1. The number of nitrogens with two attached hydrogens (primary N) is 1. The Kier molecular flexibility index (Phi) is 2.23. The molecule has 0 aromatic carbocycles. The van der Waals surface area contributed by atoms with Crippen molar-refractivity contribution >= 4 is 5.82 Å². The number of nitrogens with zero attached hydrogens (tertiary/aromatic N) is 1. The summed E-state index contributed by atoms with van der Waals surface area (Å²) in [5.74, 6) is 0.506. The van der Waals surface area contributed by atoms with E-state index < -0.39 is 0 Å². The van der Waals surface area contributed by atoms with Crippen LogP contribution in [-0.2, 0) is 6.42 Å². The van der Waals surface area contributed by atoms with Gasteiger partial charge in [-0.25, -0.2) is 4.98 Å². The molecule has 54 valence electrons. The molecule has 1 rings (SSSR count). The van der Waals surface area contributed by atoms with Crippen molar-refractivity contribution in [1.82, 2.24) is 4.98 Å². The normalized spacial score (nSPS) is 9.70. The van der Waals surface area contributed by atoms with Gasteiger partial charge >= 0.3 is 0 Å². The molecule has 0 saturated carbocycles. The average molecular weight is 138 g/mol. The van der Waals surface area contributed by atoms with Crippen LogP contribution in [0.2, 0.25) is 0 Å². The van der Waals surface area contributed by atoms with Crippen LogP contribution < -0.4 is 5.73 Å². The minimum absolute atomic E-state index is 0.121. The van der Waals surface area contributed by atoms with Crippen LogP contribution in [0, 0.1) is 0 Å². The topological polar surface area (TPSA) is 59.1 Å². The Bertz CT molecular complexity index is 213. The van der Waals surface area contributed by atoms with E-state index in [4.69, 9.17) is 10.8 Å². The standard InChI is InChI=1S/C7H10N2O/c8-7-3-1-2-6(9-7)4-5-10/h1-3,10H,4-5H2,(H2,8,9). The van der Waals surface area contributed by atoms with Gasteiger partial charge in [0.15, 0.2) is 0 Å². The molecule has 3 N–H and O–H groups in total. The summed E-state index contributed by atoms with van der Waals surface area (Å²) in [6.45, 7) is 0.121. The maximum absolute atomic E-state index is 8.53. The molecule has 3 heteroatoms. The molecule has 0 aliphatic heterocycles. The van der Waals surface area contributed by atoms with Crippen LogP contribution in [0.3, 0.4) is 0 Å². The smallest absolute Gasteiger partial charge is 0.123 e. The lowest BCUT2D eigenvalue weighted by atomic mass is 10.3. The van der Waals surface area contributed by atoms with Crippen molar-refractivity contribution in [3.63, 3.8) is 0 Å². The SMILES string of the molecule is Nc1cccc(CCO)n1. The Balaban J connectivity index is 2.75. The van der Waals surface area contributed by atoms with Gasteiger partial charge in [-0.2, -0.15) is 0 Å². The fraction of sp³-hybridized carbons (Fsp3) is 0.286. The second kappa shape index (κ2) is 3.17. The van der Waals surface area contributed by atoms with Gasteiger partial charge in [0, 0.05) is 18.7 Å². The van der Waals surface area contributed by atoms with Crippen LogP contribution in [-0.4, -0.2) is 16.7 Å².